The average molecular weight is 338 g/mol. The summed E-state index contributed by atoms with van der Waals surface area (Å²) >= 11 is 0. The molecule has 0 aromatic heterocycles. The van der Waals surface area contributed by atoms with Crippen LogP contribution in [-0.2, 0) is 14.4 Å². The first kappa shape index (κ1) is 28.6. The van der Waals surface area contributed by atoms with Gasteiger partial charge < -0.3 is 35.7 Å². The monoisotopic (exact) mass is 338 g/mol. The van der Waals surface area contributed by atoms with Crippen molar-refractivity contribution in [1.82, 2.24) is 0 Å². The first-order chi connectivity index (χ1) is 10.1. The van der Waals surface area contributed by atoms with Crippen LogP contribution in [0.25, 0.3) is 0 Å². The molecule has 0 aromatic rings. The normalized spacial score (nSPS) is 9.13. The molecule has 0 fully saturated rings. The molecule has 0 heterocycles. The van der Waals surface area contributed by atoms with E-state index in [-0.39, 0.29) is 0 Å². The molecule has 0 bridgehead atoms. The minimum absolute atomic E-state index is 0.833. The zero-order valence-electron chi connectivity index (χ0n) is 12.7. The molecule has 10 nitrogen and oxygen atoms in total. The van der Waals surface area contributed by atoms with Crippen LogP contribution in [0.15, 0.2) is 38.0 Å². The fourth-order valence-electron chi connectivity index (χ4n) is 0. The van der Waals surface area contributed by atoms with Crippen molar-refractivity contribution in [3.63, 3.8) is 0 Å². The highest BCUT2D eigenvalue weighted by Crippen LogP contribution is 2.13. The lowest BCUT2D eigenvalue weighted by atomic mass is 10.1. The van der Waals surface area contributed by atoms with Crippen LogP contribution in [0.5, 0.6) is 0 Å². The number of aliphatic carboxylic acids is 3. The topological polar surface area (TPSA) is 193 Å². The summed E-state index contributed by atoms with van der Waals surface area (Å²) in [5.74, 6) is -7.85. The molecule has 0 aromatic carbocycles. The van der Waals surface area contributed by atoms with Gasteiger partial charge in [-0.2, -0.15) is 0 Å². The van der Waals surface area contributed by atoms with Crippen molar-refractivity contribution in [3.05, 3.63) is 38.0 Å². The van der Waals surface area contributed by atoms with Crippen LogP contribution in [0, 0.1) is 0 Å². The van der Waals surface area contributed by atoms with Gasteiger partial charge in [0.05, 0.1) is 0 Å². The average Bonchev–Trinajstić information content (AvgIpc) is 2.38. The van der Waals surface area contributed by atoms with Crippen LogP contribution < -0.4 is 0 Å². The molecule has 0 aliphatic carbocycles. The summed E-state index contributed by atoms with van der Waals surface area (Å²) in [6, 6.07) is 0. The molecule has 0 aliphatic rings. The van der Waals surface area contributed by atoms with Gasteiger partial charge >= 0.3 is 17.9 Å². The lowest BCUT2D eigenvalue weighted by Crippen LogP contribution is -2.49. The van der Waals surface area contributed by atoms with Gasteiger partial charge in [0.15, 0.2) is 0 Å². The highest BCUT2D eigenvalue weighted by atomic mass is 16.6. The van der Waals surface area contributed by atoms with Crippen molar-refractivity contribution in [3.8, 4) is 0 Å². The maximum atomic E-state index is 9.25. The minimum Gasteiger partial charge on any atom is -0.478 e. The highest BCUT2D eigenvalue weighted by Gasteiger charge is 2.37. The third-order valence-corrected chi connectivity index (χ3v) is 1.42. The van der Waals surface area contributed by atoms with Crippen molar-refractivity contribution >= 4 is 17.9 Å². The van der Waals surface area contributed by atoms with Crippen molar-refractivity contribution in [2.45, 2.75) is 25.4 Å². The second-order valence-corrected chi connectivity index (χ2v) is 3.67. The second kappa shape index (κ2) is 14.4. The maximum absolute atomic E-state index is 9.25. The Morgan fingerprint density at radius 2 is 0.739 bits per heavy atom. The molecule has 10 heteroatoms. The van der Waals surface area contributed by atoms with E-state index in [1.807, 2.05) is 0 Å². The Bertz CT molecular complexity index is 343. The summed E-state index contributed by atoms with van der Waals surface area (Å²) in [4.78, 5) is 27.8. The van der Waals surface area contributed by atoms with E-state index in [1.54, 1.807) is 0 Å². The predicted octanol–water partition coefficient (Wildman–Crippen LogP) is -0.841. The predicted molar refractivity (Wildman–Crippen MR) is 79.2 cm³/mol. The van der Waals surface area contributed by atoms with Gasteiger partial charge in [0.25, 0.3) is 0 Å². The van der Waals surface area contributed by atoms with Gasteiger partial charge in [-0.05, 0) is 13.8 Å². The molecule has 0 radical (unpaired) electrons. The molecule has 0 aliphatic heterocycles. The summed E-state index contributed by atoms with van der Waals surface area (Å²) in [5, 5.41) is 56.5. The van der Waals surface area contributed by atoms with Crippen molar-refractivity contribution < 1.29 is 50.1 Å². The molecule has 0 unspecified atom stereocenters. The number of carbonyl (C=O) groups is 3. The van der Waals surface area contributed by atoms with Crippen LogP contribution in [0.2, 0.25) is 0 Å². The van der Waals surface area contributed by atoms with Crippen LogP contribution in [0.3, 0.4) is 0 Å². The molecule has 134 valence electrons. The van der Waals surface area contributed by atoms with E-state index < -0.39 is 29.5 Å². The third-order valence-electron chi connectivity index (χ3n) is 1.42. The Labute approximate surface area is 132 Å². The number of hydrogen-bond donors (Lipinski definition) is 7. The fraction of sp³-hybridized carbons (Fsp3) is 0.308. The quantitative estimate of drug-likeness (QED) is 0.251. The van der Waals surface area contributed by atoms with Crippen LogP contribution in [-0.4, -0.2) is 65.2 Å². The van der Waals surface area contributed by atoms with Crippen LogP contribution in [0.4, 0.5) is 0 Å². The molecule has 0 saturated heterocycles. The zero-order valence-corrected chi connectivity index (χ0v) is 12.7. The van der Waals surface area contributed by atoms with E-state index in [0.717, 1.165) is 32.1 Å². The van der Waals surface area contributed by atoms with Gasteiger partial charge in [-0.3, -0.25) is 0 Å². The number of carboxylic acids is 3. The lowest BCUT2D eigenvalue weighted by molar-refractivity contribution is -0.339. The molecule has 0 saturated carbocycles. The molecule has 23 heavy (non-hydrogen) atoms. The highest BCUT2D eigenvalue weighted by molar-refractivity contribution is 5.79. The largest absolute Gasteiger partial charge is 0.478 e. The molecular weight excluding hydrogens is 316 g/mol. The Morgan fingerprint density at radius 1 is 0.652 bits per heavy atom. The molecular formula is C13H22O10. The zero-order chi connectivity index (χ0) is 19.9. The standard InChI is InChI=1S/C4H10O4.3C3H4O2/c1-3(5,6)4(2,7)8;3*1-2-3(4)5/h5-8H,1-2H3;3*2H,1H2,(H,4,5). The molecule has 7 N–H and O–H groups in total. The van der Waals surface area contributed by atoms with Crippen molar-refractivity contribution in [2.75, 3.05) is 0 Å². The van der Waals surface area contributed by atoms with E-state index in [9.17, 15) is 14.4 Å². The number of aliphatic hydroxyl groups is 4. The van der Waals surface area contributed by atoms with E-state index in [4.69, 9.17) is 35.7 Å². The van der Waals surface area contributed by atoms with Gasteiger partial charge in [-0.15, -0.1) is 0 Å². The summed E-state index contributed by atoms with van der Waals surface area (Å²) in [6.45, 7) is 10.6. The smallest absolute Gasteiger partial charge is 0.327 e. The third kappa shape index (κ3) is 38.2. The fourth-order valence-corrected chi connectivity index (χ4v) is 0. The van der Waals surface area contributed by atoms with Gasteiger partial charge in [-0.25, -0.2) is 14.4 Å². The SMILES string of the molecule is C=CC(=O)O.C=CC(=O)O.C=CC(=O)O.CC(O)(O)C(C)(O)O. The summed E-state index contributed by atoms with van der Waals surface area (Å²) in [6.07, 6.45) is 2.50. The summed E-state index contributed by atoms with van der Waals surface area (Å²) < 4.78 is 0. The van der Waals surface area contributed by atoms with E-state index >= 15 is 0 Å². The summed E-state index contributed by atoms with van der Waals surface area (Å²) in [5.41, 5.74) is 0. The Hall–Kier alpha value is -2.53. The molecule has 0 atom stereocenters. The van der Waals surface area contributed by atoms with Gasteiger partial charge in [0.1, 0.15) is 0 Å². The Balaban J connectivity index is -0.000000108. The second-order valence-electron chi connectivity index (χ2n) is 3.67. The molecule has 0 amide bonds. The number of carboxylic acid groups (broad SMARTS) is 3. The van der Waals surface area contributed by atoms with Crippen molar-refractivity contribution in [1.29, 1.82) is 0 Å². The van der Waals surface area contributed by atoms with E-state index in [2.05, 4.69) is 19.7 Å². The van der Waals surface area contributed by atoms with Gasteiger partial charge in [0, 0.05) is 18.2 Å². The Morgan fingerprint density at radius 3 is 0.739 bits per heavy atom. The number of hydrogen-bond acceptors (Lipinski definition) is 7. The Kier molecular flexibility index (Phi) is 17.9. The first-order valence-corrected chi connectivity index (χ1v) is 5.52. The maximum Gasteiger partial charge on any atom is 0.327 e. The summed E-state index contributed by atoms with van der Waals surface area (Å²) in [7, 11) is 0. The van der Waals surface area contributed by atoms with E-state index in [1.165, 1.54) is 0 Å². The van der Waals surface area contributed by atoms with Gasteiger partial charge in [0.2, 0.25) is 11.6 Å². The van der Waals surface area contributed by atoms with E-state index in [0.29, 0.717) is 0 Å². The molecule has 0 rings (SSSR count). The number of rotatable bonds is 4. The lowest BCUT2D eigenvalue weighted by Gasteiger charge is -2.27. The van der Waals surface area contributed by atoms with Crippen LogP contribution in [0.1, 0.15) is 13.8 Å². The first-order valence-electron chi connectivity index (χ1n) is 5.52. The van der Waals surface area contributed by atoms with Crippen LogP contribution >= 0.6 is 0 Å². The minimum atomic E-state index is -2.45. The van der Waals surface area contributed by atoms with Crippen molar-refractivity contribution in [2.24, 2.45) is 0 Å². The molecule has 0 spiro atoms. The van der Waals surface area contributed by atoms with Gasteiger partial charge in [-0.1, -0.05) is 19.7 Å².